The third-order valence-electron chi connectivity index (χ3n) is 1.32. The summed E-state index contributed by atoms with van der Waals surface area (Å²) in [5, 5.41) is 0. The van der Waals surface area contributed by atoms with Gasteiger partial charge < -0.3 is 0 Å². The Morgan fingerprint density at radius 2 is 1.92 bits per heavy atom. The molecule has 1 aromatic heterocycles. The van der Waals surface area contributed by atoms with Crippen molar-refractivity contribution in [2.75, 3.05) is 0 Å². The van der Waals surface area contributed by atoms with Crippen molar-refractivity contribution in [3.8, 4) is 0 Å². The van der Waals surface area contributed by atoms with Crippen LogP contribution in [0.2, 0.25) is 0 Å². The topological polar surface area (TPSA) is 64.1 Å². The average molecular weight is 179 g/mol. The summed E-state index contributed by atoms with van der Waals surface area (Å²) in [5.41, 5.74) is 1.61. The minimum absolute atomic E-state index is 0.0625. The van der Waals surface area contributed by atoms with Crippen molar-refractivity contribution in [3.05, 3.63) is 29.6 Å². The zero-order chi connectivity index (χ0) is 10.3. The van der Waals surface area contributed by atoms with E-state index in [9.17, 15) is 4.79 Å². The molecule has 0 saturated heterocycles. The highest BCUT2D eigenvalue weighted by Gasteiger charge is 1.96. The lowest BCUT2D eigenvalue weighted by atomic mass is 10.2. The Morgan fingerprint density at radius 1 is 1.38 bits per heavy atom. The number of nitrogens with zero attached hydrogens (tertiary/aromatic N) is 1. The highest BCUT2D eigenvalue weighted by Crippen LogP contribution is 1.98. The van der Waals surface area contributed by atoms with Gasteiger partial charge in [-0.25, -0.2) is 0 Å². The third-order valence-corrected chi connectivity index (χ3v) is 1.32. The maximum absolute atomic E-state index is 10.7. The van der Waals surface area contributed by atoms with Gasteiger partial charge in [0.2, 0.25) is 0 Å². The van der Waals surface area contributed by atoms with E-state index in [2.05, 4.69) is 4.98 Å². The fraction of sp³-hybridized carbons (Fsp3) is 0.222. The molecule has 0 spiro atoms. The van der Waals surface area contributed by atoms with Crippen molar-refractivity contribution < 1.29 is 14.4 Å². The SMILES string of the molecule is CC(=O)c1ccc(C)nc1.O=C=O. The standard InChI is InChI=1S/C8H9NO.CO2/c1-6-3-4-8(5-9-6)7(2)10;2-1-3/h3-5H,1-2H3;. The first-order valence-electron chi connectivity index (χ1n) is 3.54. The minimum atomic E-state index is 0.0625. The third kappa shape index (κ3) is 4.61. The van der Waals surface area contributed by atoms with Crippen LogP contribution >= 0.6 is 0 Å². The van der Waals surface area contributed by atoms with Crippen molar-refractivity contribution >= 4 is 11.9 Å². The zero-order valence-corrected chi connectivity index (χ0v) is 7.40. The summed E-state index contributed by atoms with van der Waals surface area (Å²) in [6.07, 6.45) is 1.84. The van der Waals surface area contributed by atoms with Crippen LogP contribution in [0.25, 0.3) is 0 Å². The van der Waals surface area contributed by atoms with Crippen molar-refractivity contribution in [2.45, 2.75) is 13.8 Å². The largest absolute Gasteiger partial charge is 0.373 e. The number of hydrogen-bond acceptors (Lipinski definition) is 4. The van der Waals surface area contributed by atoms with Gasteiger partial charge in [0.05, 0.1) is 0 Å². The Balaban J connectivity index is 0.000000424. The van der Waals surface area contributed by atoms with Crippen molar-refractivity contribution in [3.63, 3.8) is 0 Å². The number of aromatic nitrogens is 1. The quantitative estimate of drug-likeness (QED) is 0.603. The van der Waals surface area contributed by atoms with Gasteiger partial charge in [0.25, 0.3) is 0 Å². The second kappa shape index (κ2) is 5.80. The van der Waals surface area contributed by atoms with Crippen LogP contribution in [0.3, 0.4) is 0 Å². The Morgan fingerprint density at radius 3 is 2.23 bits per heavy atom. The molecule has 0 radical (unpaired) electrons. The summed E-state index contributed by atoms with van der Waals surface area (Å²) in [6.45, 7) is 3.43. The number of rotatable bonds is 1. The molecule has 0 saturated carbocycles. The van der Waals surface area contributed by atoms with E-state index < -0.39 is 0 Å². The second-order valence-corrected chi connectivity index (χ2v) is 2.33. The lowest BCUT2D eigenvalue weighted by Gasteiger charge is -1.93. The van der Waals surface area contributed by atoms with E-state index in [0.29, 0.717) is 5.56 Å². The van der Waals surface area contributed by atoms with Crippen LogP contribution in [0.4, 0.5) is 0 Å². The molecule has 0 N–H and O–H groups in total. The molecule has 0 bridgehead atoms. The summed E-state index contributed by atoms with van der Waals surface area (Å²) in [7, 11) is 0. The first kappa shape index (κ1) is 11.2. The monoisotopic (exact) mass is 179 g/mol. The maximum atomic E-state index is 10.7. The lowest BCUT2D eigenvalue weighted by Crippen LogP contribution is -1.92. The molecule has 4 heteroatoms. The van der Waals surface area contributed by atoms with Gasteiger partial charge in [0.15, 0.2) is 5.78 Å². The number of aryl methyl sites for hydroxylation is 1. The van der Waals surface area contributed by atoms with Crippen LogP contribution < -0.4 is 0 Å². The molecule has 13 heavy (non-hydrogen) atoms. The van der Waals surface area contributed by atoms with Gasteiger partial charge >= 0.3 is 6.15 Å². The fourth-order valence-corrected chi connectivity index (χ4v) is 0.676. The predicted molar refractivity (Wildman–Crippen MR) is 44.0 cm³/mol. The predicted octanol–water partition coefficient (Wildman–Crippen LogP) is 1.01. The van der Waals surface area contributed by atoms with Crippen LogP contribution in [0.1, 0.15) is 23.0 Å². The maximum Gasteiger partial charge on any atom is 0.373 e. The Kier molecular flexibility index (Phi) is 5.00. The summed E-state index contributed by atoms with van der Waals surface area (Å²) in [6, 6.07) is 3.61. The molecule has 0 aromatic carbocycles. The summed E-state index contributed by atoms with van der Waals surface area (Å²) >= 11 is 0. The number of pyridine rings is 1. The van der Waals surface area contributed by atoms with Crippen molar-refractivity contribution in [1.82, 2.24) is 4.98 Å². The molecule has 1 rings (SSSR count). The van der Waals surface area contributed by atoms with E-state index in [1.807, 2.05) is 13.0 Å². The Hall–Kier alpha value is -1.80. The first-order valence-corrected chi connectivity index (χ1v) is 3.54. The smallest absolute Gasteiger partial charge is 0.294 e. The highest BCUT2D eigenvalue weighted by molar-refractivity contribution is 5.93. The van der Waals surface area contributed by atoms with E-state index in [0.717, 1.165) is 5.69 Å². The fourth-order valence-electron chi connectivity index (χ4n) is 0.676. The van der Waals surface area contributed by atoms with Crippen LogP contribution in [-0.4, -0.2) is 16.9 Å². The summed E-state index contributed by atoms with van der Waals surface area (Å²) in [5.74, 6) is 0.0625. The van der Waals surface area contributed by atoms with Gasteiger partial charge in [0, 0.05) is 17.5 Å². The second-order valence-electron chi connectivity index (χ2n) is 2.33. The van der Waals surface area contributed by atoms with Crippen LogP contribution in [0.15, 0.2) is 18.3 Å². The number of Topliss-reactive ketones (excluding diaryl/α,β-unsaturated/α-hetero) is 1. The van der Waals surface area contributed by atoms with E-state index in [1.54, 1.807) is 12.3 Å². The van der Waals surface area contributed by atoms with Crippen molar-refractivity contribution in [2.24, 2.45) is 0 Å². The van der Waals surface area contributed by atoms with E-state index in [1.165, 1.54) is 6.92 Å². The van der Waals surface area contributed by atoms with E-state index in [4.69, 9.17) is 9.59 Å². The molecular formula is C9H9NO3. The number of hydrogen-bond donors (Lipinski definition) is 0. The van der Waals surface area contributed by atoms with Gasteiger partial charge in [-0.1, -0.05) is 0 Å². The number of ketones is 1. The average Bonchev–Trinajstić information content (AvgIpc) is 2.06. The van der Waals surface area contributed by atoms with Crippen LogP contribution in [0.5, 0.6) is 0 Å². The molecular weight excluding hydrogens is 170 g/mol. The van der Waals surface area contributed by atoms with Gasteiger partial charge in [-0.05, 0) is 26.0 Å². The zero-order valence-electron chi connectivity index (χ0n) is 7.40. The van der Waals surface area contributed by atoms with Gasteiger partial charge in [-0.2, -0.15) is 9.59 Å². The van der Waals surface area contributed by atoms with Crippen LogP contribution in [0, 0.1) is 6.92 Å². The molecule has 0 amide bonds. The summed E-state index contributed by atoms with van der Waals surface area (Å²) < 4.78 is 0. The highest BCUT2D eigenvalue weighted by atomic mass is 16.2. The van der Waals surface area contributed by atoms with Gasteiger partial charge in [-0.15, -0.1) is 0 Å². The molecule has 0 fully saturated rings. The normalized spacial score (nSPS) is 7.85. The lowest BCUT2D eigenvalue weighted by molar-refractivity contribution is -0.191. The van der Waals surface area contributed by atoms with Crippen molar-refractivity contribution in [1.29, 1.82) is 0 Å². The van der Waals surface area contributed by atoms with Crippen LogP contribution in [-0.2, 0) is 9.59 Å². The number of carbonyl (C=O) groups excluding carboxylic acids is 3. The Bertz CT molecular complexity index is 310. The van der Waals surface area contributed by atoms with Gasteiger partial charge in [-0.3, -0.25) is 9.78 Å². The molecule has 1 aromatic rings. The number of carbonyl (C=O) groups is 1. The van der Waals surface area contributed by atoms with Gasteiger partial charge in [0.1, 0.15) is 0 Å². The molecule has 0 unspecified atom stereocenters. The molecule has 4 nitrogen and oxygen atoms in total. The molecule has 0 atom stereocenters. The molecule has 68 valence electrons. The Labute approximate surface area is 75.6 Å². The molecule has 0 aliphatic rings. The molecule has 1 heterocycles. The first-order chi connectivity index (χ1) is 6.11. The molecule has 0 aliphatic carbocycles. The summed E-state index contributed by atoms with van der Waals surface area (Å²) in [4.78, 5) is 30.9. The minimum Gasteiger partial charge on any atom is -0.294 e. The van der Waals surface area contributed by atoms with E-state index in [-0.39, 0.29) is 11.9 Å². The molecule has 0 aliphatic heterocycles. The van der Waals surface area contributed by atoms with E-state index >= 15 is 0 Å².